The molecule has 0 saturated heterocycles. The van der Waals surface area contributed by atoms with E-state index in [-0.39, 0.29) is 29.7 Å². The molecule has 3 rings (SSSR count). The zero-order valence-electron chi connectivity index (χ0n) is 17.2. The van der Waals surface area contributed by atoms with Crippen LogP contribution in [0.4, 0.5) is 10.1 Å². The van der Waals surface area contributed by atoms with E-state index in [1.54, 1.807) is 18.2 Å². The molecule has 2 aromatic carbocycles. The largest absolute Gasteiger partial charge is 0.303 e. The lowest BCUT2D eigenvalue weighted by Crippen LogP contribution is -2.19. The van der Waals surface area contributed by atoms with E-state index >= 15 is 0 Å². The Morgan fingerprint density at radius 3 is 2.63 bits per heavy atom. The second-order valence-electron chi connectivity index (χ2n) is 7.71. The van der Waals surface area contributed by atoms with Crippen molar-refractivity contribution in [2.24, 2.45) is 11.8 Å². The molecule has 30 heavy (non-hydrogen) atoms. The highest BCUT2D eigenvalue weighted by Crippen LogP contribution is 2.36. The van der Waals surface area contributed by atoms with E-state index in [2.05, 4.69) is 0 Å². The molecule has 3 atom stereocenters. The van der Waals surface area contributed by atoms with Crippen molar-refractivity contribution in [2.45, 2.75) is 44.4 Å². The third-order valence-corrected chi connectivity index (χ3v) is 9.20. The maximum Gasteiger partial charge on any atom is 0.269 e. The van der Waals surface area contributed by atoms with Crippen molar-refractivity contribution in [2.75, 3.05) is 5.75 Å². The fourth-order valence-electron chi connectivity index (χ4n) is 4.53. The van der Waals surface area contributed by atoms with Crippen LogP contribution in [0.2, 0.25) is 0 Å². The van der Waals surface area contributed by atoms with E-state index in [1.807, 2.05) is 13.8 Å². The van der Waals surface area contributed by atoms with Crippen molar-refractivity contribution in [1.29, 1.82) is 0 Å². The van der Waals surface area contributed by atoms with Gasteiger partial charge in [0.2, 0.25) is 0 Å². The molecule has 0 saturated carbocycles. The molecule has 0 amide bonds. The standard InChI is InChI=1S/C23H26FNO4S/c1-3-6-21-18(14-26)15-30(29,22(21)4-2)23-10-9-19(24)13-17(23)11-16-7-5-8-20(12-16)25(27)28/h5,7-10,12-14,18,21H,3-4,6,11,15H2,1-2H3/t18-,21?,30?/m0/s1. The third-order valence-electron chi connectivity index (χ3n) is 5.80. The molecule has 2 aromatic rings. The first-order valence-corrected chi connectivity index (χ1v) is 11.9. The van der Waals surface area contributed by atoms with Gasteiger partial charge in [0, 0.05) is 38.2 Å². The summed E-state index contributed by atoms with van der Waals surface area (Å²) in [6.07, 6.45) is 3.42. The topological polar surface area (TPSA) is 77.3 Å². The van der Waals surface area contributed by atoms with Crippen LogP contribution >= 0.6 is 0 Å². The van der Waals surface area contributed by atoms with Crippen LogP contribution in [0.1, 0.15) is 44.2 Å². The van der Waals surface area contributed by atoms with E-state index in [4.69, 9.17) is 0 Å². The first-order valence-electron chi connectivity index (χ1n) is 10.2. The number of nitro groups is 1. The van der Waals surface area contributed by atoms with Gasteiger partial charge in [0.15, 0.2) is 0 Å². The Labute approximate surface area is 176 Å². The molecule has 1 heterocycles. The van der Waals surface area contributed by atoms with Crippen LogP contribution in [0.25, 0.3) is 0 Å². The summed E-state index contributed by atoms with van der Waals surface area (Å²) in [5, 5.41) is 11.1. The van der Waals surface area contributed by atoms with Gasteiger partial charge in [-0.1, -0.05) is 32.4 Å². The van der Waals surface area contributed by atoms with Gasteiger partial charge in [0.25, 0.3) is 5.69 Å². The van der Waals surface area contributed by atoms with E-state index < -0.39 is 20.3 Å². The Morgan fingerprint density at radius 2 is 2.00 bits per heavy atom. The average Bonchev–Trinajstić information content (AvgIpc) is 3.00. The Morgan fingerprint density at radius 1 is 1.23 bits per heavy atom. The molecule has 5 nitrogen and oxygen atoms in total. The first-order chi connectivity index (χ1) is 14.3. The summed E-state index contributed by atoms with van der Waals surface area (Å²) in [5.41, 5.74) is 1.15. The first kappa shape index (κ1) is 22.2. The molecule has 0 radical (unpaired) electrons. The molecule has 0 N–H and O–H groups in total. The van der Waals surface area contributed by atoms with Gasteiger partial charge in [-0.05, 0) is 59.4 Å². The zero-order valence-corrected chi connectivity index (χ0v) is 18.0. The number of halogens is 1. The number of carbonyl (C=O) groups excluding carboxylic acids is 1. The van der Waals surface area contributed by atoms with Crippen LogP contribution in [-0.4, -0.2) is 26.0 Å². The van der Waals surface area contributed by atoms with Gasteiger partial charge in [-0.25, -0.2) is 4.39 Å². The van der Waals surface area contributed by atoms with E-state index in [9.17, 15) is 23.5 Å². The average molecular weight is 432 g/mol. The minimum atomic E-state index is -2.67. The fourth-order valence-corrected chi connectivity index (χ4v) is 8.15. The Balaban J connectivity index is 2.14. The highest BCUT2D eigenvalue weighted by atomic mass is 32.2. The number of benzene rings is 2. The van der Waals surface area contributed by atoms with E-state index in [1.165, 1.54) is 24.3 Å². The van der Waals surface area contributed by atoms with Crippen molar-refractivity contribution in [1.82, 2.24) is 0 Å². The van der Waals surface area contributed by atoms with Crippen molar-refractivity contribution >= 4 is 26.4 Å². The third kappa shape index (κ3) is 4.17. The molecular weight excluding hydrogens is 405 g/mol. The van der Waals surface area contributed by atoms with Gasteiger partial charge in [-0.2, -0.15) is 0 Å². The summed E-state index contributed by atoms with van der Waals surface area (Å²) in [6.45, 7) is 4.00. The normalized spacial score (nSPS) is 23.5. The number of nitro benzene ring substituents is 1. The minimum Gasteiger partial charge on any atom is -0.303 e. The lowest BCUT2D eigenvalue weighted by atomic mass is 9.87. The summed E-state index contributed by atoms with van der Waals surface area (Å²) in [5.74, 6) is -0.531. The van der Waals surface area contributed by atoms with Crippen molar-refractivity contribution in [3.05, 3.63) is 69.5 Å². The second kappa shape index (κ2) is 9.08. The van der Waals surface area contributed by atoms with Crippen LogP contribution in [0, 0.1) is 27.8 Å². The van der Waals surface area contributed by atoms with E-state index in [0.717, 1.165) is 24.0 Å². The Kier molecular flexibility index (Phi) is 6.71. The minimum absolute atomic E-state index is 0.0271. The molecule has 0 aromatic heterocycles. The van der Waals surface area contributed by atoms with Gasteiger partial charge >= 0.3 is 0 Å². The lowest BCUT2D eigenvalue weighted by Gasteiger charge is -2.17. The number of hydrogen-bond acceptors (Lipinski definition) is 4. The molecule has 0 spiro atoms. The number of carbonyl (C=O) groups is 1. The number of aldehydes is 1. The van der Waals surface area contributed by atoms with Crippen molar-refractivity contribution in [3.8, 4) is 0 Å². The summed E-state index contributed by atoms with van der Waals surface area (Å²) < 4.78 is 28.4. The zero-order chi connectivity index (χ0) is 21.9. The highest BCUT2D eigenvalue weighted by molar-refractivity contribution is 8.02. The van der Waals surface area contributed by atoms with Gasteiger partial charge in [0.05, 0.1) is 4.92 Å². The molecule has 0 bridgehead atoms. The van der Waals surface area contributed by atoms with Crippen LogP contribution < -0.4 is 0 Å². The Bertz CT molecular complexity index is 1090. The van der Waals surface area contributed by atoms with Crippen LogP contribution in [0.5, 0.6) is 0 Å². The second-order valence-corrected chi connectivity index (χ2v) is 10.4. The van der Waals surface area contributed by atoms with Gasteiger partial charge in [-0.3, -0.25) is 14.3 Å². The van der Waals surface area contributed by atoms with Crippen molar-refractivity contribution in [3.63, 3.8) is 0 Å². The molecule has 0 fully saturated rings. The Hall–Kier alpha value is -2.54. The maximum atomic E-state index is 14.3. The number of non-ortho nitro benzene ring substituents is 1. The number of nitrogens with zero attached hydrogens (tertiary/aromatic N) is 1. The predicted molar refractivity (Wildman–Crippen MR) is 117 cm³/mol. The quantitative estimate of drug-likeness (QED) is 0.260. The predicted octanol–water partition coefficient (Wildman–Crippen LogP) is 4.80. The van der Waals surface area contributed by atoms with Crippen LogP contribution in [0.15, 0.2) is 47.4 Å². The number of hydrogen-bond donors (Lipinski definition) is 0. The maximum absolute atomic E-state index is 14.3. The molecule has 1 aliphatic heterocycles. The molecule has 0 aliphatic carbocycles. The SMILES string of the molecule is CCCC1C(CC)=S(=O)(c2ccc(F)cc2Cc2cccc([N+](=O)[O-])c2)C[C@@H]1C=O. The smallest absolute Gasteiger partial charge is 0.269 e. The highest BCUT2D eigenvalue weighted by Gasteiger charge is 2.39. The molecule has 7 heteroatoms. The monoisotopic (exact) mass is 431 g/mol. The van der Waals surface area contributed by atoms with Gasteiger partial charge < -0.3 is 4.79 Å². The molecule has 2 unspecified atom stereocenters. The van der Waals surface area contributed by atoms with Gasteiger partial charge in [0.1, 0.15) is 12.1 Å². The van der Waals surface area contributed by atoms with Crippen LogP contribution in [0.3, 0.4) is 0 Å². The summed E-state index contributed by atoms with van der Waals surface area (Å²) >= 11 is 0. The van der Waals surface area contributed by atoms with Gasteiger partial charge in [-0.15, -0.1) is 0 Å². The molecule has 1 aliphatic rings. The van der Waals surface area contributed by atoms with E-state index in [0.29, 0.717) is 22.4 Å². The fraction of sp³-hybridized carbons (Fsp3) is 0.391. The lowest BCUT2D eigenvalue weighted by molar-refractivity contribution is -0.384. The summed E-state index contributed by atoms with van der Waals surface area (Å²) in [7, 11) is -2.67. The van der Waals surface area contributed by atoms with Crippen molar-refractivity contribution < 1.29 is 18.3 Å². The molecular formula is C23H26FNO4S. The summed E-state index contributed by atoms with van der Waals surface area (Å²) in [6, 6.07) is 10.4. The van der Waals surface area contributed by atoms with Crippen LogP contribution in [-0.2, 0) is 20.7 Å². The summed E-state index contributed by atoms with van der Waals surface area (Å²) in [4.78, 5) is 23.8. The number of rotatable bonds is 8. The molecule has 160 valence electrons.